The van der Waals surface area contributed by atoms with Gasteiger partial charge in [0.2, 0.25) is 11.8 Å². The first-order chi connectivity index (χ1) is 11.1. The lowest BCUT2D eigenvalue weighted by Gasteiger charge is -2.21. The average Bonchev–Trinajstić information content (AvgIpc) is 3.06. The number of hydrogen-bond acceptors (Lipinski definition) is 3. The Hall–Kier alpha value is -1.88. The molecule has 1 N–H and O–H groups in total. The third kappa shape index (κ3) is 5.67. The van der Waals surface area contributed by atoms with Crippen LogP contribution in [0.2, 0.25) is 0 Å². The summed E-state index contributed by atoms with van der Waals surface area (Å²) in [6, 6.07) is 9.25. The molecule has 0 spiro atoms. The van der Waals surface area contributed by atoms with Crippen LogP contribution in [0.1, 0.15) is 43.7 Å². The maximum Gasteiger partial charge on any atom is 0.246 e. The predicted octanol–water partition coefficient (Wildman–Crippen LogP) is 2.28. The third-order valence-electron chi connectivity index (χ3n) is 4.17. The minimum Gasteiger partial charge on any atom is -0.368 e. The van der Waals surface area contributed by atoms with Crippen LogP contribution in [0.5, 0.6) is 0 Å². The lowest BCUT2D eigenvalue weighted by molar-refractivity contribution is -0.131. The van der Waals surface area contributed by atoms with E-state index < -0.39 is 0 Å². The van der Waals surface area contributed by atoms with Gasteiger partial charge < -0.3 is 15.0 Å². The quantitative estimate of drug-likeness (QED) is 0.839. The summed E-state index contributed by atoms with van der Waals surface area (Å²) in [4.78, 5) is 25.7. The van der Waals surface area contributed by atoms with Crippen LogP contribution in [0.3, 0.4) is 0 Å². The SMILES string of the molecule is CN(C)C(=O)C[C@H](NC(=O)COC1CCCC1)c1ccccc1. The normalized spacial score (nSPS) is 16.1. The lowest BCUT2D eigenvalue weighted by atomic mass is 10.0. The zero-order valence-electron chi connectivity index (χ0n) is 14.0. The molecule has 0 saturated heterocycles. The summed E-state index contributed by atoms with van der Waals surface area (Å²) in [5.74, 6) is -0.187. The second kappa shape index (κ2) is 8.67. The number of nitrogens with one attached hydrogen (secondary N) is 1. The van der Waals surface area contributed by atoms with Gasteiger partial charge in [0.05, 0.1) is 18.6 Å². The maximum atomic E-state index is 12.2. The van der Waals surface area contributed by atoms with Gasteiger partial charge >= 0.3 is 0 Å². The van der Waals surface area contributed by atoms with Crippen molar-refractivity contribution in [3.8, 4) is 0 Å². The van der Waals surface area contributed by atoms with Crippen molar-refractivity contribution in [3.05, 3.63) is 35.9 Å². The first kappa shape index (κ1) is 17.5. The molecular weight excluding hydrogens is 292 g/mol. The second-order valence-electron chi connectivity index (χ2n) is 6.24. The number of benzene rings is 1. The Kier molecular flexibility index (Phi) is 6.59. The van der Waals surface area contributed by atoms with Crippen LogP contribution in [-0.2, 0) is 14.3 Å². The monoisotopic (exact) mass is 318 g/mol. The van der Waals surface area contributed by atoms with Gasteiger partial charge in [0.25, 0.3) is 0 Å². The molecule has 23 heavy (non-hydrogen) atoms. The van der Waals surface area contributed by atoms with E-state index in [2.05, 4.69) is 5.32 Å². The van der Waals surface area contributed by atoms with E-state index in [0.29, 0.717) is 0 Å². The number of ether oxygens (including phenoxy) is 1. The topological polar surface area (TPSA) is 58.6 Å². The number of rotatable bonds is 7. The van der Waals surface area contributed by atoms with Crippen LogP contribution in [0, 0.1) is 0 Å². The van der Waals surface area contributed by atoms with Gasteiger partial charge in [-0.2, -0.15) is 0 Å². The molecule has 0 aliphatic heterocycles. The van der Waals surface area contributed by atoms with Gasteiger partial charge in [0.15, 0.2) is 0 Å². The molecular formula is C18H26N2O3. The standard InChI is InChI=1S/C18H26N2O3/c1-20(2)18(22)12-16(14-8-4-3-5-9-14)19-17(21)13-23-15-10-6-7-11-15/h3-5,8-9,15-16H,6-7,10-13H2,1-2H3,(H,19,21)/t16-/m0/s1. The molecule has 1 atom stereocenters. The Morgan fingerprint density at radius 2 is 1.87 bits per heavy atom. The lowest BCUT2D eigenvalue weighted by Crippen LogP contribution is -2.36. The zero-order chi connectivity index (χ0) is 16.7. The van der Waals surface area contributed by atoms with Gasteiger partial charge in [-0.05, 0) is 18.4 Å². The highest BCUT2D eigenvalue weighted by Crippen LogP contribution is 2.21. The molecule has 1 saturated carbocycles. The van der Waals surface area contributed by atoms with Crippen molar-refractivity contribution in [2.45, 2.75) is 44.2 Å². The highest BCUT2D eigenvalue weighted by atomic mass is 16.5. The predicted molar refractivity (Wildman–Crippen MR) is 88.8 cm³/mol. The minimum atomic E-state index is -0.328. The Balaban J connectivity index is 1.93. The fourth-order valence-electron chi connectivity index (χ4n) is 2.78. The smallest absolute Gasteiger partial charge is 0.246 e. The number of carbonyl (C=O) groups is 2. The fourth-order valence-corrected chi connectivity index (χ4v) is 2.78. The summed E-state index contributed by atoms with van der Waals surface area (Å²) in [5, 5.41) is 2.93. The van der Waals surface area contributed by atoms with Crippen LogP contribution >= 0.6 is 0 Å². The molecule has 0 aromatic heterocycles. The van der Waals surface area contributed by atoms with Crippen molar-refractivity contribution in [3.63, 3.8) is 0 Å². The summed E-state index contributed by atoms with van der Waals surface area (Å²) >= 11 is 0. The largest absolute Gasteiger partial charge is 0.368 e. The molecule has 0 radical (unpaired) electrons. The zero-order valence-corrected chi connectivity index (χ0v) is 14.0. The molecule has 0 unspecified atom stereocenters. The number of amides is 2. The molecule has 1 aromatic carbocycles. The average molecular weight is 318 g/mol. The third-order valence-corrected chi connectivity index (χ3v) is 4.17. The highest BCUT2D eigenvalue weighted by molar-refractivity contribution is 5.80. The van der Waals surface area contributed by atoms with Crippen molar-refractivity contribution in [1.29, 1.82) is 0 Å². The van der Waals surface area contributed by atoms with E-state index >= 15 is 0 Å². The van der Waals surface area contributed by atoms with Gasteiger partial charge in [0, 0.05) is 14.1 Å². The summed E-state index contributed by atoms with van der Waals surface area (Å²) < 4.78 is 5.65. The second-order valence-corrected chi connectivity index (χ2v) is 6.24. The van der Waals surface area contributed by atoms with Crippen molar-refractivity contribution in [1.82, 2.24) is 10.2 Å². The van der Waals surface area contributed by atoms with Gasteiger partial charge in [-0.25, -0.2) is 0 Å². The Morgan fingerprint density at radius 3 is 2.48 bits per heavy atom. The molecule has 1 aromatic rings. The van der Waals surface area contributed by atoms with Crippen molar-refractivity contribution in [2.24, 2.45) is 0 Å². The Labute approximate surface area is 138 Å². The number of nitrogens with zero attached hydrogens (tertiary/aromatic N) is 1. The van der Waals surface area contributed by atoms with Gasteiger partial charge in [0.1, 0.15) is 6.61 Å². The molecule has 1 aliphatic rings. The van der Waals surface area contributed by atoms with E-state index in [1.807, 2.05) is 30.3 Å². The molecule has 5 nitrogen and oxygen atoms in total. The van der Waals surface area contributed by atoms with E-state index in [1.54, 1.807) is 14.1 Å². The summed E-state index contributed by atoms with van der Waals surface area (Å²) in [6.07, 6.45) is 4.88. The molecule has 5 heteroatoms. The molecule has 0 bridgehead atoms. The first-order valence-electron chi connectivity index (χ1n) is 8.22. The Morgan fingerprint density at radius 1 is 1.22 bits per heavy atom. The van der Waals surface area contributed by atoms with Crippen LogP contribution in [0.15, 0.2) is 30.3 Å². The minimum absolute atomic E-state index is 0.0177. The van der Waals surface area contributed by atoms with E-state index in [1.165, 1.54) is 17.7 Å². The Bertz CT molecular complexity index is 510. The molecule has 126 valence electrons. The van der Waals surface area contributed by atoms with Crippen LogP contribution in [0.25, 0.3) is 0 Å². The highest BCUT2D eigenvalue weighted by Gasteiger charge is 2.21. The van der Waals surface area contributed by atoms with Crippen molar-refractivity contribution in [2.75, 3.05) is 20.7 Å². The summed E-state index contributed by atoms with van der Waals surface area (Å²) in [6.45, 7) is 0.0597. The van der Waals surface area contributed by atoms with Crippen molar-refractivity contribution < 1.29 is 14.3 Å². The fraction of sp³-hybridized carbons (Fsp3) is 0.556. The van der Waals surface area contributed by atoms with E-state index in [-0.39, 0.29) is 37.0 Å². The van der Waals surface area contributed by atoms with E-state index in [4.69, 9.17) is 4.74 Å². The van der Waals surface area contributed by atoms with E-state index in [9.17, 15) is 9.59 Å². The molecule has 2 amide bonds. The number of carbonyl (C=O) groups excluding carboxylic acids is 2. The van der Waals surface area contributed by atoms with Crippen molar-refractivity contribution >= 4 is 11.8 Å². The van der Waals surface area contributed by atoms with Gasteiger partial charge in [-0.3, -0.25) is 9.59 Å². The summed E-state index contributed by atoms with van der Waals surface area (Å²) in [7, 11) is 3.44. The van der Waals surface area contributed by atoms with Crippen LogP contribution in [-0.4, -0.2) is 43.5 Å². The van der Waals surface area contributed by atoms with E-state index in [0.717, 1.165) is 18.4 Å². The first-order valence-corrected chi connectivity index (χ1v) is 8.22. The molecule has 1 aliphatic carbocycles. The molecule has 0 heterocycles. The van der Waals surface area contributed by atoms with Crippen LogP contribution < -0.4 is 5.32 Å². The van der Waals surface area contributed by atoms with Crippen LogP contribution in [0.4, 0.5) is 0 Å². The van der Waals surface area contributed by atoms with Gasteiger partial charge in [-0.15, -0.1) is 0 Å². The summed E-state index contributed by atoms with van der Waals surface area (Å²) in [5.41, 5.74) is 0.928. The molecule has 1 fully saturated rings. The van der Waals surface area contributed by atoms with Gasteiger partial charge in [-0.1, -0.05) is 43.2 Å². The molecule has 2 rings (SSSR count). The number of hydrogen-bond donors (Lipinski definition) is 1. The maximum absolute atomic E-state index is 12.2.